The fourth-order valence-electron chi connectivity index (χ4n) is 2.36. The smallest absolute Gasteiger partial charge is 0.149 e. The topological polar surface area (TPSA) is 20.3 Å². The minimum atomic E-state index is 0.118. The van der Waals surface area contributed by atoms with Crippen LogP contribution in [0.2, 0.25) is 0 Å². The molecule has 0 aromatic rings. The zero-order valence-corrected chi connectivity index (χ0v) is 15.0. The van der Waals surface area contributed by atoms with E-state index in [1.54, 1.807) is 0 Å². The molecule has 2 nitrogen and oxygen atoms in total. The van der Waals surface area contributed by atoms with Crippen LogP contribution in [0.25, 0.3) is 0 Å². The van der Waals surface area contributed by atoms with E-state index in [1.807, 2.05) is 6.92 Å². The Morgan fingerprint density at radius 3 is 2.52 bits per heavy atom. The van der Waals surface area contributed by atoms with Gasteiger partial charge in [-0.25, -0.2) is 0 Å². The summed E-state index contributed by atoms with van der Waals surface area (Å²) in [6, 6.07) is 0.493. The molecule has 0 saturated carbocycles. The number of nitrogens with zero attached hydrogens (tertiary/aromatic N) is 1. The molecule has 0 saturated heterocycles. The van der Waals surface area contributed by atoms with Gasteiger partial charge < -0.3 is 0 Å². The van der Waals surface area contributed by atoms with Crippen LogP contribution in [-0.2, 0) is 4.79 Å². The predicted molar refractivity (Wildman–Crippen MR) is 93.6 cm³/mol. The highest BCUT2D eigenvalue weighted by Crippen LogP contribution is 2.14. The Labute approximate surface area is 132 Å². The summed E-state index contributed by atoms with van der Waals surface area (Å²) >= 11 is 0. The van der Waals surface area contributed by atoms with Gasteiger partial charge in [0.15, 0.2) is 0 Å². The van der Waals surface area contributed by atoms with Crippen LogP contribution in [0.1, 0.15) is 66.7 Å². The van der Waals surface area contributed by atoms with Crippen molar-refractivity contribution >= 4 is 5.78 Å². The van der Waals surface area contributed by atoms with E-state index in [0.29, 0.717) is 18.4 Å². The SMILES string of the molecule is C/C=C\C/C=C(\C)C[C@H](C)C(=O)CN(C)C(C)CCCC. The minimum absolute atomic E-state index is 0.118. The highest BCUT2D eigenvalue weighted by molar-refractivity contribution is 5.82. The summed E-state index contributed by atoms with van der Waals surface area (Å²) < 4.78 is 0. The highest BCUT2D eigenvalue weighted by Gasteiger charge is 2.18. The molecular formula is C19H35NO. The van der Waals surface area contributed by atoms with E-state index in [9.17, 15) is 4.79 Å². The van der Waals surface area contributed by atoms with Crippen LogP contribution in [0.3, 0.4) is 0 Å². The maximum Gasteiger partial charge on any atom is 0.149 e. The molecule has 21 heavy (non-hydrogen) atoms. The first-order valence-electron chi connectivity index (χ1n) is 8.42. The Morgan fingerprint density at radius 2 is 1.95 bits per heavy atom. The lowest BCUT2D eigenvalue weighted by molar-refractivity contribution is -0.123. The van der Waals surface area contributed by atoms with Crippen LogP contribution in [0.5, 0.6) is 0 Å². The fraction of sp³-hybridized carbons (Fsp3) is 0.737. The first kappa shape index (κ1) is 20.1. The number of likely N-dealkylation sites (N-methyl/N-ethyl adjacent to an activating group) is 1. The first-order valence-corrected chi connectivity index (χ1v) is 8.42. The average Bonchev–Trinajstić information content (AvgIpc) is 2.44. The van der Waals surface area contributed by atoms with Crippen molar-refractivity contribution < 1.29 is 4.79 Å². The molecule has 0 radical (unpaired) electrons. The normalized spacial score (nSPS) is 15.7. The Hall–Kier alpha value is -0.890. The second kappa shape index (κ2) is 11.7. The molecule has 0 fully saturated rings. The zero-order chi connectivity index (χ0) is 16.3. The number of carbonyl (C=O) groups excluding carboxylic acids is 1. The number of hydrogen-bond donors (Lipinski definition) is 0. The van der Waals surface area contributed by atoms with Crippen molar-refractivity contribution in [3.05, 3.63) is 23.8 Å². The number of ketones is 1. The lowest BCUT2D eigenvalue weighted by Gasteiger charge is -2.25. The molecule has 0 aliphatic heterocycles. The van der Waals surface area contributed by atoms with E-state index >= 15 is 0 Å². The molecule has 0 aliphatic rings. The van der Waals surface area contributed by atoms with Gasteiger partial charge in [0.2, 0.25) is 0 Å². The Bertz CT molecular complexity index is 343. The second-order valence-corrected chi connectivity index (χ2v) is 6.33. The molecular weight excluding hydrogens is 258 g/mol. The predicted octanol–water partition coefficient (Wildman–Crippen LogP) is 5.00. The third-order valence-electron chi connectivity index (χ3n) is 4.15. The van der Waals surface area contributed by atoms with Crippen molar-refractivity contribution in [3.8, 4) is 0 Å². The first-order chi connectivity index (χ1) is 9.92. The van der Waals surface area contributed by atoms with Gasteiger partial charge in [-0.2, -0.15) is 0 Å². The summed E-state index contributed by atoms with van der Waals surface area (Å²) in [5.41, 5.74) is 1.32. The number of Topliss-reactive ketones (excluding diaryl/α,β-unsaturated/α-hetero) is 1. The van der Waals surface area contributed by atoms with Crippen LogP contribution < -0.4 is 0 Å². The van der Waals surface area contributed by atoms with E-state index in [4.69, 9.17) is 0 Å². The zero-order valence-electron chi connectivity index (χ0n) is 15.0. The van der Waals surface area contributed by atoms with E-state index in [-0.39, 0.29) is 5.92 Å². The molecule has 1 unspecified atom stereocenters. The molecule has 0 aromatic heterocycles. The van der Waals surface area contributed by atoms with Gasteiger partial charge in [-0.1, -0.05) is 50.5 Å². The largest absolute Gasteiger partial charge is 0.298 e. The molecule has 0 heterocycles. The van der Waals surface area contributed by atoms with Crippen molar-refractivity contribution in [3.63, 3.8) is 0 Å². The third kappa shape index (κ3) is 9.62. The van der Waals surface area contributed by atoms with Crippen LogP contribution in [0.4, 0.5) is 0 Å². The van der Waals surface area contributed by atoms with E-state index in [2.05, 4.69) is 57.9 Å². The Balaban J connectivity index is 4.22. The molecule has 0 aliphatic carbocycles. The number of carbonyl (C=O) groups is 1. The maximum atomic E-state index is 12.3. The average molecular weight is 293 g/mol. The Morgan fingerprint density at radius 1 is 1.29 bits per heavy atom. The number of unbranched alkanes of at least 4 members (excludes halogenated alkanes) is 1. The molecule has 0 N–H and O–H groups in total. The van der Waals surface area contributed by atoms with Crippen molar-refractivity contribution in [2.45, 2.75) is 72.8 Å². The summed E-state index contributed by atoms with van der Waals surface area (Å²) in [7, 11) is 2.07. The van der Waals surface area contributed by atoms with Crippen molar-refractivity contribution in [1.29, 1.82) is 0 Å². The second-order valence-electron chi connectivity index (χ2n) is 6.33. The van der Waals surface area contributed by atoms with Gasteiger partial charge in [0.25, 0.3) is 0 Å². The summed E-state index contributed by atoms with van der Waals surface area (Å²) in [4.78, 5) is 14.5. The van der Waals surface area contributed by atoms with Gasteiger partial charge in [-0.05, 0) is 47.1 Å². The number of hydrogen-bond acceptors (Lipinski definition) is 2. The fourth-order valence-corrected chi connectivity index (χ4v) is 2.36. The molecule has 0 rings (SSSR count). The van der Waals surface area contributed by atoms with Crippen LogP contribution >= 0.6 is 0 Å². The summed E-state index contributed by atoms with van der Waals surface area (Å²) in [5, 5.41) is 0. The molecule has 2 atom stereocenters. The summed E-state index contributed by atoms with van der Waals surface area (Å²) in [5.74, 6) is 0.479. The summed E-state index contributed by atoms with van der Waals surface area (Å²) in [6.07, 6.45) is 11.9. The molecule has 2 heteroatoms. The van der Waals surface area contributed by atoms with E-state index < -0.39 is 0 Å². The van der Waals surface area contributed by atoms with Gasteiger partial charge in [0, 0.05) is 12.0 Å². The maximum absolute atomic E-state index is 12.3. The van der Waals surface area contributed by atoms with Crippen molar-refractivity contribution in [1.82, 2.24) is 4.90 Å². The Kier molecular flexibility index (Phi) is 11.2. The summed E-state index contributed by atoms with van der Waals surface area (Å²) in [6.45, 7) is 11.2. The molecule has 0 aromatic carbocycles. The van der Waals surface area contributed by atoms with Gasteiger partial charge in [-0.3, -0.25) is 9.69 Å². The number of rotatable bonds is 11. The van der Waals surface area contributed by atoms with Crippen molar-refractivity contribution in [2.24, 2.45) is 5.92 Å². The molecule has 122 valence electrons. The molecule has 0 amide bonds. The van der Waals surface area contributed by atoms with Crippen molar-refractivity contribution in [2.75, 3.05) is 13.6 Å². The van der Waals surface area contributed by atoms with E-state index in [1.165, 1.54) is 24.8 Å². The number of allylic oxidation sites excluding steroid dienone is 4. The van der Waals surface area contributed by atoms with Crippen LogP contribution in [-0.4, -0.2) is 30.3 Å². The third-order valence-corrected chi connectivity index (χ3v) is 4.15. The van der Waals surface area contributed by atoms with E-state index in [0.717, 1.165) is 12.8 Å². The standard InChI is InChI=1S/C19H35NO/c1-7-9-11-12-16(3)14-17(4)19(21)15-20(6)18(5)13-10-8-2/h7,9,12,17-18H,8,10-11,13-15H2,1-6H3/b9-7-,16-12+/t17-,18?/m0/s1. The van der Waals surface area contributed by atoms with Gasteiger partial charge in [-0.15, -0.1) is 0 Å². The highest BCUT2D eigenvalue weighted by atomic mass is 16.1. The van der Waals surface area contributed by atoms with Crippen LogP contribution in [0.15, 0.2) is 23.8 Å². The lowest BCUT2D eigenvalue weighted by Crippen LogP contribution is -2.36. The molecule has 0 bridgehead atoms. The van der Waals surface area contributed by atoms with Gasteiger partial charge in [0.05, 0.1) is 6.54 Å². The van der Waals surface area contributed by atoms with Gasteiger partial charge in [0.1, 0.15) is 5.78 Å². The molecule has 0 spiro atoms. The minimum Gasteiger partial charge on any atom is -0.298 e. The van der Waals surface area contributed by atoms with Crippen LogP contribution in [0, 0.1) is 5.92 Å². The quantitative estimate of drug-likeness (QED) is 0.499. The lowest BCUT2D eigenvalue weighted by atomic mass is 9.96. The van der Waals surface area contributed by atoms with Gasteiger partial charge >= 0.3 is 0 Å². The monoisotopic (exact) mass is 293 g/mol.